The van der Waals surface area contributed by atoms with E-state index in [1.807, 2.05) is 0 Å². The molecule has 1 aromatic rings. The number of rotatable bonds is 5. The molecule has 3 nitrogen and oxygen atoms in total. The maximum absolute atomic E-state index is 12.4. The molecule has 0 spiro atoms. The summed E-state index contributed by atoms with van der Waals surface area (Å²) in [5.41, 5.74) is -0.290. The van der Waals surface area contributed by atoms with Crippen LogP contribution in [0.5, 0.6) is 0 Å². The first kappa shape index (κ1) is 17.2. The summed E-state index contributed by atoms with van der Waals surface area (Å²) in [7, 11) is 1.52. The second kappa shape index (κ2) is 6.99. The molecule has 0 saturated heterocycles. The molecule has 0 fully saturated rings. The van der Waals surface area contributed by atoms with E-state index in [9.17, 15) is 13.2 Å². The van der Waals surface area contributed by atoms with E-state index in [2.05, 4.69) is 24.3 Å². The van der Waals surface area contributed by atoms with E-state index in [1.54, 1.807) is 0 Å². The standard InChI is InChI=1S/C11H18F3N3.ClH/c1-8(2)4-5-15-7-9-6-10(11(12,13)14)16-17(9)3;/h6,8,15H,4-5,7H2,1-3H3;1H. The van der Waals surface area contributed by atoms with Gasteiger partial charge in [0.1, 0.15) is 0 Å². The maximum Gasteiger partial charge on any atom is 0.435 e. The quantitative estimate of drug-likeness (QED) is 0.843. The van der Waals surface area contributed by atoms with Crippen LogP contribution in [0.2, 0.25) is 0 Å². The van der Waals surface area contributed by atoms with Gasteiger partial charge in [-0.2, -0.15) is 18.3 Å². The predicted octanol–water partition coefficient (Wildman–Crippen LogP) is 3.00. The Kier molecular flexibility index (Phi) is 6.70. The molecule has 0 amide bonds. The van der Waals surface area contributed by atoms with Crippen LogP contribution in [0.1, 0.15) is 31.7 Å². The monoisotopic (exact) mass is 285 g/mol. The summed E-state index contributed by atoms with van der Waals surface area (Å²) in [4.78, 5) is 0. The van der Waals surface area contributed by atoms with Crippen molar-refractivity contribution in [3.05, 3.63) is 17.5 Å². The minimum absolute atomic E-state index is 0. The van der Waals surface area contributed by atoms with Crippen LogP contribution in [0.15, 0.2) is 6.07 Å². The molecule has 106 valence electrons. The van der Waals surface area contributed by atoms with Crippen molar-refractivity contribution >= 4 is 12.4 Å². The van der Waals surface area contributed by atoms with Gasteiger partial charge in [-0.3, -0.25) is 4.68 Å². The number of halogens is 4. The van der Waals surface area contributed by atoms with Crippen LogP contribution < -0.4 is 5.32 Å². The lowest BCUT2D eigenvalue weighted by Crippen LogP contribution is -2.18. The van der Waals surface area contributed by atoms with Crippen molar-refractivity contribution in [2.75, 3.05) is 6.54 Å². The van der Waals surface area contributed by atoms with Gasteiger partial charge in [-0.15, -0.1) is 12.4 Å². The highest BCUT2D eigenvalue weighted by Gasteiger charge is 2.34. The van der Waals surface area contributed by atoms with Gasteiger partial charge in [0.25, 0.3) is 0 Å². The molecule has 0 saturated carbocycles. The van der Waals surface area contributed by atoms with Crippen molar-refractivity contribution in [1.29, 1.82) is 0 Å². The summed E-state index contributed by atoms with van der Waals surface area (Å²) in [5, 5.41) is 6.56. The molecule has 0 atom stereocenters. The second-order valence-electron chi connectivity index (χ2n) is 4.50. The Bertz CT molecular complexity index is 361. The molecule has 1 heterocycles. The Balaban J connectivity index is 0.00000289. The predicted molar refractivity (Wildman–Crippen MR) is 66.6 cm³/mol. The Hall–Kier alpha value is -0.750. The lowest BCUT2D eigenvalue weighted by atomic mass is 10.1. The topological polar surface area (TPSA) is 29.9 Å². The van der Waals surface area contributed by atoms with Gasteiger partial charge < -0.3 is 5.32 Å². The summed E-state index contributed by atoms with van der Waals surface area (Å²) >= 11 is 0. The third-order valence-corrected chi connectivity index (χ3v) is 2.47. The third kappa shape index (κ3) is 5.27. The van der Waals surface area contributed by atoms with Gasteiger partial charge in [-0.05, 0) is 24.9 Å². The molecule has 0 radical (unpaired) electrons. The second-order valence-corrected chi connectivity index (χ2v) is 4.50. The zero-order valence-corrected chi connectivity index (χ0v) is 11.5. The van der Waals surface area contributed by atoms with Gasteiger partial charge in [-0.25, -0.2) is 0 Å². The molecule has 18 heavy (non-hydrogen) atoms. The van der Waals surface area contributed by atoms with Gasteiger partial charge in [0, 0.05) is 13.6 Å². The van der Waals surface area contributed by atoms with Crippen molar-refractivity contribution in [3.8, 4) is 0 Å². The van der Waals surface area contributed by atoms with Crippen LogP contribution in [0, 0.1) is 5.92 Å². The molecule has 0 aliphatic carbocycles. The third-order valence-electron chi connectivity index (χ3n) is 2.47. The van der Waals surface area contributed by atoms with E-state index in [4.69, 9.17) is 0 Å². The number of nitrogens with zero attached hydrogens (tertiary/aromatic N) is 2. The molecule has 0 unspecified atom stereocenters. The van der Waals surface area contributed by atoms with Crippen molar-refractivity contribution in [1.82, 2.24) is 15.1 Å². The fourth-order valence-corrected chi connectivity index (χ4v) is 1.42. The maximum atomic E-state index is 12.4. The fraction of sp³-hybridized carbons (Fsp3) is 0.727. The molecule has 0 aliphatic rings. The highest BCUT2D eigenvalue weighted by Crippen LogP contribution is 2.28. The number of nitrogens with one attached hydrogen (secondary N) is 1. The fourth-order valence-electron chi connectivity index (χ4n) is 1.42. The van der Waals surface area contributed by atoms with Crippen LogP contribution in [0.4, 0.5) is 13.2 Å². The molecular formula is C11H19ClF3N3. The van der Waals surface area contributed by atoms with Crippen LogP contribution in [-0.4, -0.2) is 16.3 Å². The smallest absolute Gasteiger partial charge is 0.311 e. The zero-order chi connectivity index (χ0) is 13.1. The average Bonchev–Trinajstić information content (AvgIpc) is 2.54. The van der Waals surface area contributed by atoms with Crippen LogP contribution in [0.3, 0.4) is 0 Å². The Morgan fingerprint density at radius 1 is 1.39 bits per heavy atom. The average molecular weight is 286 g/mol. The van der Waals surface area contributed by atoms with E-state index < -0.39 is 11.9 Å². The lowest BCUT2D eigenvalue weighted by Gasteiger charge is -2.06. The molecule has 0 aromatic carbocycles. The van der Waals surface area contributed by atoms with E-state index in [-0.39, 0.29) is 12.4 Å². The first-order valence-electron chi connectivity index (χ1n) is 5.61. The first-order valence-corrected chi connectivity index (χ1v) is 5.61. The summed E-state index contributed by atoms with van der Waals surface area (Å²) in [6.45, 7) is 5.41. The minimum Gasteiger partial charge on any atom is -0.311 e. The molecule has 1 N–H and O–H groups in total. The van der Waals surface area contributed by atoms with Crippen LogP contribution in [0.25, 0.3) is 0 Å². The Labute approximate surface area is 111 Å². The molecule has 0 bridgehead atoms. The molecule has 1 rings (SSSR count). The highest BCUT2D eigenvalue weighted by atomic mass is 35.5. The Morgan fingerprint density at radius 2 is 2.00 bits per heavy atom. The van der Waals surface area contributed by atoms with Crippen molar-refractivity contribution in [2.45, 2.75) is 33.0 Å². The number of hydrogen-bond donors (Lipinski definition) is 1. The van der Waals surface area contributed by atoms with Gasteiger partial charge in [0.05, 0.1) is 5.69 Å². The molecule has 7 heteroatoms. The number of hydrogen-bond acceptors (Lipinski definition) is 2. The van der Waals surface area contributed by atoms with Crippen molar-refractivity contribution in [2.24, 2.45) is 13.0 Å². The normalized spacial score (nSPS) is 11.7. The van der Waals surface area contributed by atoms with E-state index >= 15 is 0 Å². The number of alkyl halides is 3. The molecule has 0 aliphatic heterocycles. The van der Waals surface area contributed by atoms with Crippen molar-refractivity contribution in [3.63, 3.8) is 0 Å². The zero-order valence-electron chi connectivity index (χ0n) is 10.7. The number of aromatic nitrogens is 2. The number of aryl methyl sites for hydroxylation is 1. The summed E-state index contributed by atoms with van der Waals surface area (Å²) < 4.78 is 38.4. The van der Waals surface area contributed by atoms with Crippen molar-refractivity contribution < 1.29 is 13.2 Å². The molecule has 1 aromatic heterocycles. The van der Waals surface area contributed by atoms with Gasteiger partial charge >= 0.3 is 6.18 Å². The lowest BCUT2D eigenvalue weighted by molar-refractivity contribution is -0.141. The molecular weight excluding hydrogens is 267 g/mol. The van der Waals surface area contributed by atoms with Gasteiger partial charge in [-0.1, -0.05) is 13.8 Å². The van der Waals surface area contributed by atoms with E-state index in [0.29, 0.717) is 18.2 Å². The first-order chi connectivity index (χ1) is 7.80. The summed E-state index contributed by atoms with van der Waals surface area (Å²) in [6, 6.07) is 1.09. The summed E-state index contributed by atoms with van der Waals surface area (Å²) in [5.74, 6) is 0.583. The van der Waals surface area contributed by atoms with Gasteiger partial charge in [0.15, 0.2) is 5.69 Å². The Morgan fingerprint density at radius 3 is 2.44 bits per heavy atom. The van der Waals surface area contributed by atoms with Gasteiger partial charge in [0.2, 0.25) is 0 Å². The summed E-state index contributed by atoms with van der Waals surface area (Å²) in [6.07, 6.45) is -3.36. The van der Waals surface area contributed by atoms with Crippen LogP contribution in [-0.2, 0) is 19.8 Å². The SMILES string of the molecule is CC(C)CCNCc1cc(C(F)(F)F)nn1C.Cl. The largest absolute Gasteiger partial charge is 0.435 e. The highest BCUT2D eigenvalue weighted by molar-refractivity contribution is 5.85. The van der Waals surface area contributed by atoms with Crippen LogP contribution >= 0.6 is 12.4 Å². The van der Waals surface area contributed by atoms with E-state index in [1.165, 1.54) is 11.7 Å². The minimum atomic E-state index is -4.37. The van der Waals surface area contributed by atoms with E-state index in [0.717, 1.165) is 19.0 Å².